The lowest BCUT2D eigenvalue weighted by Crippen LogP contribution is -2.44. The highest BCUT2D eigenvalue weighted by Gasteiger charge is 2.36. The lowest BCUT2D eigenvalue weighted by atomic mass is 10.0. The predicted octanol–water partition coefficient (Wildman–Crippen LogP) is 10.7. The van der Waals surface area contributed by atoms with Crippen molar-refractivity contribution in [1.82, 2.24) is 59.7 Å². The van der Waals surface area contributed by atoms with Crippen molar-refractivity contribution in [2.45, 2.75) is 206 Å². The summed E-state index contributed by atoms with van der Waals surface area (Å²) in [6, 6.07) is 25.9. The number of rotatable bonds is 24. The molecule has 1 amide bonds. The van der Waals surface area contributed by atoms with Crippen LogP contribution in [0.15, 0.2) is 101 Å². The molecule has 3 aromatic carbocycles. The molecule has 4 aromatic heterocycles. The zero-order valence-electron chi connectivity index (χ0n) is 70.7. The van der Waals surface area contributed by atoms with Gasteiger partial charge in [-0.25, -0.2) is 15.0 Å². The molecule has 28 nitrogen and oxygen atoms in total. The number of hydrogen-bond donors (Lipinski definition) is 4. The van der Waals surface area contributed by atoms with E-state index < -0.39 is 32.4 Å². The van der Waals surface area contributed by atoms with Gasteiger partial charge in [0.2, 0.25) is 17.8 Å². The van der Waals surface area contributed by atoms with E-state index in [9.17, 15) is 17.4 Å². The summed E-state index contributed by atoms with van der Waals surface area (Å²) in [5.74, 6) is 8.94. The number of piperidine rings is 4. The average Bonchev–Trinajstić information content (AvgIpc) is 1.71. The SMILES string of the molecule is C=C(NCc1c(C)nn(C)c1C)c1ccc(OC2CCN(c3nc4c(c(NC5CCOCC5)n3)S(=O)CC4)CC2)cc1.C=C(c1ccc(OC2CCN(c3nc4c(c(NC5CCOCC5)n3)S(=O)CC4)CC2)cc1)N(C)C1CC1.CN1CCC(N(C)C(=O)c2ccc(OC3CCN(c4nc5c(c(NC6CCOCC6)n4)S(=O)CC5)CC3)cc2)CC1. The molecule has 0 spiro atoms. The molecule has 18 rings (SSSR count). The van der Waals surface area contributed by atoms with Crippen LogP contribution in [0.3, 0.4) is 0 Å². The van der Waals surface area contributed by atoms with Gasteiger partial charge in [-0.1, -0.05) is 13.2 Å². The number of aromatic nitrogens is 8. The van der Waals surface area contributed by atoms with Crippen LogP contribution in [0, 0.1) is 13.8 Å². The summed E-state index contributed by atoms with van der Waals surface area (Å²) in [6.07, 6.45) is 18.1. The number of ether oxygens (including phenoxy) is 6. The zero-order valence-corrected chi connectivity index (χ0v) is 73.1. The number of carbonyl (C=O) groups excluding carboxylic acids is 1. The Kier molecular flexibility index (Phi) is 27.6. The van der Waals surface area contributed by atoms with E-state index in [0.29, 0.717) is 53.4 Å². The highest BCUT2D eigenvalue weighted by atomic mass is 32.2. The summed E-state index contributed by atoms with van der Waals surface area (Å²) in [5, 5.41) is 18.7. The van der Waals surface area contributed by atoms with Crippen molar-refractivity contribution in [3.8, 4) is 17.2 Å². The normalized spacial score (nSPS) is 21.6. The number of aryl methyl sites for hydroxylation is 5. The van der Waals surface area contributed by atoms with Gasteiger partial charge in [0, 0.05) is 240 Å². The number of amides is 1. The highest BCUT2D eigenvalue weighted by molar-refractivity contribution is 7.86. The Morgan fingerprint density at radius 1 is 0.458 bits per heavy atom. The van der Waals surface area contributed by atoms with Gasteiger partial charge in [0.1, 0.15) is 67.7 Å². The largest absolute Gasteiger partial charge is 0.490 e. The molecule has 1 saturated carbocycles. The maximum atomic E-state index is 13.0. The van der Waals surface area contributed by atoms with E-state index in [2.05, 4.69) is 121 Å². The minimum absolute atomic E-state index is 0.0725. The summed E-state index contributed by atoms with van der Waals surface area (Å²) < 4.78 is 75.6. The molecule has 10 aliphatic heterocycles. The van der Waals surface area contributed by atoms with Gasteiger partial charge < -0.3 is 79.1 Å². The Balaban J connectivity index is 0.000000134. The van der Waals surface area contributed by atoms with Gasteiger partial charge in [-0.15, -0.1) is 0 Å². The number of likely N-dealkylation sites (tertiary alicyclic amines) is 1. The van der Waals surface area contributed by atoms with Crippen LogP contribution < -0.4 is 50.2 Å². The van der Waals surface area contributed by atoms with Gasteiger partial charge in [-0.2, -0.15) is 20.1 Å². The second-order valence-electron chi connectivity index (χ2n) is 33.8. The number of anilines is 6. The Morgan fingerprint density at radius 3 is 1.16 bits per heavy atom. The number of nitrogens with one attached hydrogen (secondary N) is 4. The van der Waals surface area contributed by atoms with Gasteiger partial charge in [-0.3, -0.25) is 22.1 Å². The van der Waals surface area contributed by atoms with Crippen molar-refractivity contribution >= 4 is 85.0 Å². The first-order valence-corrected chi connectivity index (χ1v) is 47.6. The topological polar surface area (TPSA) is 286 Å². The molecule has 11 aliphatic rings. The molecule has 0 radical (unpaired) electrons. The number of fused-ring (bicyclic) bond motifs is 3. The van der Waals surface area contributed by atoms with Crippen LogP contribution in [0.2, 0.25) is 0 Å². The fraction of sp³-hybridized carbons (Fsp3) is 0.573. The Morgan fingerprint density at radius 2 is 0.808 bits per heavy atom. The van der Waals surface area contributed by atoms with E-state index in [1.165, 1.54) is 18.4 Å². The molecule has 4 N–H and O–H groups in total. The number of carbonyl (C=O) groups is 1. The molecule has 14 heterocycles. The van der Waals surface area contributed by atoms with Crippen LogP contribution in [-0.4, -0.2) is 252 Å². The minimum atomic E-state index is -1.05. The van der Waals surface area contributed by atoms with Crippen LogP contribution in [0.4, 0.5) is 35.3 Å². The van der Waals surface area contributed by atoms with Gasteiger partial charge in [-0.05, 0) is 182 Å². The van der Waals surface area contributed by atoms with E-state index in [1.807, 2.05) is 67.0 Å². The van der Waals surface area contributed by atoms with Crippen LogP contribution in [0.5, 0.6) is 17.2 Å². The van der Waals surface area contributed by atoms with E-state index in [1.54, 1.807) is 0 Å². The fourth-order valence-electron chi connectivity index (χ4n) is 17.6. The van der Waals surface area contributed by atoms with Crippen molar-refractivity contribution < 1.29 is 45.8 Å². The quantitative estimate of drug-likeness (QED) is 0.0437. The molecule has 31 heteroatoms. The van der Waals surface area contributed by atoms with Crippen molar-refractivity contribution in [1.29, 1.82) is 0 Å². The summed E-state index contributed by atoms with van der Waals surface area (Å²) >= 11 is 0. The Labute approximate surface area is 713 Å². The monoisotopic (exact) mass is 1700 g/mol. The fourth-order valence-corrected chi connectivity index (χ4v) is 21.6. The summed E-state index contributed by atoms with van der Waals surface area (Å²) in [5.41, 5.74) is 11.0. The van der Waals surface area contributed by atoms with Gasteiger partial charge >= 0.3 is 0 Å². The minimum Gasteiger partial charge on any atom is -0.490 e. The number of benzene rings is 3. The molecule has 8 fully saturated rings. The van der Waals surface area contributed by atoms with Crippen molar-refractivity contribution in [3.63, 3.8) is 0 Å². The van der Waals surface area contributed by atoms with Crippen LogP contribution in [-0.2, 0) is 79.5 Å². The standard InChI is InChI=1S/C31H41N7O3S.C30H42N6O4S.C28H37N5O3S/c1-20(32-19-27-21(2)36-37(4)22(27)3)23-5-7-25(8-6-23)41-26-9-14-38(15-10-26)31-34-28-13-18-42(39)29(28)30(35-31)33-24-11-16-40-17-12-24;1-34-14-7-23(8-15-34)35(2)29(37)21-3-5-24(6-4-21)40-25-9-16-36(17-10-25)30-32-26-13-20-41(38)27(26)28(33-30)31-22-11-18-39-19-12-22;1-19(32(2)22-5-6-22)20-3-7-23(8-4-20)36-24-9-14-33(15-10-24)28-30-25-13-18-37(34)26(25)27(31-28)29-21-11-16-35-17-12-21/h5-8,24,26,32H,1,9-19H2,2-4H3,(H,33,34,35);3-6,22-23,25H,7-20H2,1-2H3,(H,31,32,33);3-4,7-8,21-22,24H,1,5-6,9-18H2,2H3,(H,29,30,31). The van der Waals surface area contributed by atoms with Gasteiger partial charge in [0.15, 0.2) is 0 Å². The molecule has 644 valence electrons. The van der Waals surface area contributed by atoms with Gasteiger partial charge in [0.25, 0.3) is 5.91 Å². The van der Waals surface area contributed by atoms with Crippen LogP contribution in [0.25, 0.3) is 11.4 Å². The van der Waals surface area contributed by atoms with Gasteiger partial charge in [0.05, 0.1) is 55.2 Å². The molecule has 3 unspecified atom stereocenters. The van der Waals surface area contributed by atoms with Crippen molar-refractivity contribution in [3.05, 3.63) is 137 Å². The van der Waals surface area contributed by atoms with E-state index in [4.69, 9.17) is 58.3 Å². The first kappa shape index (κ1) is 84.7. The molecule has 7 saturated heterocycles. The highest BCUT2D eigenvalue weighted by Crippen LogP contribution is 2.38. The van der Waals surface area contributed by atoms with E-state index >= 15 is 0 Å². The molecular weight excluding hydrogens is 1580 g/mol. The summed E-state index contributed by atoms with van der Waals surface area (Å²) in [6.45, 7) is 24.7. The first-order chi connectivity index (χ1) is 58.3. The average molecular weight is 1700 g/mol. The third-order valence-corrected chi connectivity index (χ3v) is 29.9. The second kappa shape index (κ2) is 39.1. The van der Waals surface area contributed by atoms with Crippen LogP contribution >= 0.6 is 0 Å². The molecular formula is C89H120N18O10S3. The predicted molar refractivity (Wildman–Crippen MR) is 471 cm³/mol. The maximum absolute atomic E-state index is 13.0. The summed E-state index contributed by atoms with van der Waals surface area (Å²) in [4.78, 5) is 57.9. The molecule has 0 bridgehead atoms. The van der Waals surface area contributed by atoms with E-state index in [-0.39, 0.29) is 36.3 Å². The smallest absolute Gasteiger partial charge is 0.253 e. The van der Waals surface area contributed by atoms with E-state index in [0.717, 1.165) is 313 Å². The maximum Gasteiger partial charge on any atom is 0.253 e. The third kappa shape index (κ3) is 20.7. The molecule has 7 aromatic rings. The van der Waals surface area contributed by atoms with Crippen molar-refractivity contribution in [2.75, 3.05) is 161 Å². The third-order valence-electron chi connectivity index (χ3n) is 25.5. The van der Waals surface area contributed by atoms with Crippen LogP contribution in [0.1, 0.15) is 158 Å². The Hall–Kier alpha value is -8.85. The van der Waals surface area contributed by atoms with Crippen molar-refractivity contribution in [2.24, 2.45) is 7.05 Å². The summed E-state index contributed by atoms with van der Waals surface area (Å²) in [7, 11) is 5.04. The second-order valence-corrected chi connectivity index (χ2v) is 38.3. The lowest BCUT2D eigenvalue weighted by Gasteiger charge is -2.35. The Bertz CT molecular complexity index is 4800. The zero-order chi connectivity index (χ0) is 82.9. The molecule has 3 atom stereocenters. The molecule has 1 aliphatic carbocycles. The lowest BCUT2D eigenvalue weighted by molar-refractivity contribution is 0.0659. The molecule has 120 heavy (non-hydrogen) atoms. The number of nitrogens with zero attached hydrogens (tertiary/aromatic N) is 14. The number of hydrogen-bond acceptors (Lipinski definition) is 26. The first-order valence-electron chi connectivity index (χ1n) is 43.6.